The Morgan fingerprint density at radius 1 is 1.11 bits per heavy atom. The van der Waals surface area contributed by atoms with E-state index < -0.39 is 22.1 Å². The Hall–Kier alpha value is -2.67. The zero-order valence-corrected chi connectivity index (χ0v) is 16.5. The minimum atomic E-state index is -3.85. The number of ether oxygens (including phenoxy) is 1. The fraction of sp³-hybridized carbons (Fsp3) is 0.333. The van der Waals surface area contributed by atoms with E-state index in [0.29, 0.717) is 18.5 Å². The zero-order valence-electron chi connectivity index (χ0n) is 15.7. The molecule has 1 aliphatic rings. The van der Waals surface area contributed by atoms with E-state index in [4.69, 9.17) is 4.74 Å². The van der Waals surface area contributed by atoms with Crippen LogP contribution in [0.15, 0.2) is 59.5 Å². The van der Waals surface area contributed by atoms with E-state index in [0.717, 1.165) is 12.8 Å². The van der Waals surface area contributed by atoms with Gasteiger partial charge in [-0.05, 0) is 56.5 Å². The summed E-state index contributed by atoms with van der Waals surface area (Å²) < 4.78 is 32.8. The van der Waals surface area contributed by atoms with Crippen LogP contribution in [0.5, 0.6) is 0 Å². The number of ketones is 1. The van der Waals surface area contributed by atoms with Crippen molar-refractivity contribution in [3.05, 3.63) is 60.2 Å². The van der Waals surface area contributed by atoms with Gasteiger partial charge in [0, 0.05) is 13.0 Å². The maximum Gasteiger partial charge on any atom is 0.338 e. The van der Waals surface area contributed by atoms with Crippen LogP contribution < -0.4 is 4.31 Å². The molecule has 0 N–H and O–H groups in total. The van der Waals surface area contributed by atoms with Gasteiger partial charge in [-0.3, -0.25) is 9.10 Å². The monoisotopic (exact) mass is 401 g/mol. The van der Waals surface area contributed by atoms with Gasteiger partial charge in [0.25, 0.3) is 10.0 Å². The average Bonchev–Trinajstić information content (AvgIpc) is 2.71. The number of rotatable bonds is 6. The molecule has 0 bridgehead atoms. The SMILES string of the molecule is CCN(c1ccccc1)S(=O)(=O)c1cccc(C(=O)OC2CCCCC2=O)c1. The molecule has 1 unspecified atom stereocenters. The molecule has 0 aliphatic heterocycles. The highest BCUT2D eigenvalue weighted by Crippen LogP contribution is 2.25. The van der Waals surface area contributed by atoms with Gasteiger partial charge in [-0.1, -0.05) is 24.3 Å². The minimum Gasteiger partial charge on any atom is -0.451 e. The van der Waals surface area contributed by atoms with Gasteiger partial charge in [0.05, 0.1) is 16.1 Å². The van der Waals surface area contributed by atoms with Crippen LogP contribution in [0.3, 0.4) is 0 Å². The van der Waals surface area contributed by atoms with Gasteiger partial charge >= 0.3 is 5.97 Å². The van der Waals surface area contributed by atoms with Gasteiger partial charge in [0.15, 0.2) is 11.9 Å². The van der Waals surface area contributed by atoms with Crippen molar-refractivity contribution in [3.63, 3.8) is 0 Å². The highest BCUT2D eigenvalue weighted by Gasteiger charge is 2.28. The predicted molar refractivity (Wildman–Crippen MR) is 106 cm³/mol. The van der Waals surface area contributed by atoms with Crippen LogP contribution in [0, 0.1) is 0 Å². The summed E-state index contributed by atoms with van der Waals surface area (Å²) in [5.41, 5.74) is 0.661. The standard InChI is InChI=1S/C21H23NO5S/c1-2-22(17-10-4-3-5-11-17)28(25,26)18-12-8-9-16(15-18)21(24)27-20-14-7-6-13-19(20)23/h3-5,8-12,15,20H,2,6-7,13-14H2,1H3. The van der Waals surface area contributed by atoms with E-state index in [9.17, 15) is 18.0 Å². The number of hydrogen-bond donors (Lipinski definition) is 0. The molecule has 148 valence electrons. The quantitative estimate of drug-likeness (QED) is 0.691. The third kappa shape index (κ3) is 4.25. The number of esters is 1. The molecule has 0 amide bonds. The lowest BCUT2D eigenvalue weighted by Crippen LogP contribution is -2.31. The lowest BCUT2D eigenvalue weighted by molar-refractivity contribution is -0.129. The molecular formula is C21H23NO5S. The lowest BCUT2D eigenvalue weighted by atomic mass is 9.96. The lowest BCUT2D eigenvalue weighted by Gasteiger charge is -2.23. The van der Waals surface area contributed by atoms with Crippen molar-refractivity contribution < 1.29 is 22.7 Å². The van der Waals surface area contributed by atoms with Gasteiger partial charge < -0.3 is 4.74 Å². The summed E-state index contributed by atoms with van der Waals surface area (Å²) in [7, 11) is -3.85. The van der Waals surface area contributed by atoms with Crippen LogP contribution in [0.1, 0.15) is 43.0 Å². The van der Waals surface area contributed by atoms with E-state index in [-0.39, 0.29) is 22.8 Å². The second kappa shape index (κ2) is 8.56. The average molecular weight is 401 g/mol. The third-order valence-corrected chi connectivity index (χ3v) is 6.64. The molecule has 1 saturated carbocycles. The first-order chi connectivity index (χ1) is 13.4. The van der Waals surface area contributed by atoms with Gasteiger partial charge in [-0.25, -0.2) is 13.2 Å². The van der Waals surface area contributed by atoms with Crippen LogP contribution in [-0.4, -0.2) is 32.8 Å². The molecule has 1 fully saturated rings. The summed E-state index contributed by atoms with van der Waals surface area (Å²) in [6.07, 6.45) is 1.83. The molecule has 3 rings (SSSR count). The molecule has 1 aliphatic carbocycles. The number of hydrogen-bond acceptors (Lipinski definition) is 5. The highest BCUT2D eigenvalue weighted by molar-refractivity contribution is 7.92. The molecule has 7 heteroatoms. The smallest absolute Gasteiger partial charge is 0.338 e. The summed E-state index contributed by atoms with van der Waals surface area (Å²) in [6, 6.07) is 14.5. The molecule has 0 radical (unpaired) electrons. The minimum absolute atomic E-state index is 0.00243. The zero-order chi connectivity index (χ0) is 20.1. The fourth-order valence-corrected chi connectivity index (χ4v) is 4.79. The molecule has 0 aromatic heterocycles. The summed E-state index contributed by atoms with van der Waals surface area (Å²) in [5.74, 6) is -0.760. The Labute approximate surface area is 165 Å². The largest absolute Gasteiger partial charge is 0.451 e. The van der Waals surface area contributed by atoms with E-state index in [1.165, 1.54) is 28.6 Å². The molecule has 1 atom stereocenters. The van der Waals surface area contributed by atoms with Gasteiger partial charge in [-0.2, -0.15) is 0 Å². The molecule has 0 spiro atoms. The number of nitrogens with zero attached hydrogens (tertiary/aromatic N) is 1. The molecule has 2 aromatic rings. The van der Waals surface area contributed by atoms with Crippen molar-refractivity contribution in [3.8, 4) is 0 Å². The topological polar surface area (TPSA) is 80.8 Å². The molecule has 6 nitrogen and oxygen atoms in total. The van der Waals surface area contributed by atoms with Crippen LogP contribution >= 0.6 is 0 Å². The first-order valence-corrected chi connectivity index (χ1v) is 10.8. The molecule has 2 aromatic carbocycles. The summed E-state index contributed by atoms with van der Waals surface area (Å²) in [4.78, 5) is 24.4. The Balaban J connectivity index is 1.85. The first kappa shape index (κ1) is 20.1. The number of carbonyl (C=O) groups excluding carboxylic acids is 2. The Morgan fingerprint density at radius 2 is 1.86 bits per heavy atom. The van der Waals surface area contributed by atoms with Crippen molar-refractivity contribution >= 4 is 27.5 Å². The maximum atomic E-state index is 13.1. The van der Waals surface area contributed by atoms with Crippen LogP contribution in [0.4, 0.5) is 5.69 Å². The Morgan fingerprint density at radius 3 is 2.54 bits per heavy atom. The predicted octanol–water partition coefficient (Wildman–Crippen LogP) is 3.57. The van der Waals surface area contributed by atoms with Crippen LogP contribution in [0.2, 0.25) is 0 Å². The summed E-state index contributed by atoms with van der Waals surface area (Å²) in [5, 5.41) is 0. The second-order valence-electron chi connectivity index (χ2n) is 6.64. The van der Waals surface area contributed by atoms with E-state index >= 15 is 0 Å². The normalized spacial score (nSPS) is 17.2. The molecule has 0 heterocycles. The maximum absolute atomic E-state index is 13.1. The first-order valence-electron chi connectivity index (χ1n) is 9.35. The van der Waals surface area contributed by atoms with Crippen molar-refractivity contribution in [1.29, 1.82) is 0 Å². The number of benzene rings is 2. The van der Waals surface area contributed by atoms with E-state index in [1.807, 2.05) is 6.07 Å². The van der Waals surface area contributed by atoms with E-state index in [1.54, 1.807) is 31.2 Å². The second-order valence-corrected chi connectivity index (χ2v) is 8.50. The number of para-hydroxylation sites is 1. The number of sulfonamides is 1. The van der Waals surface area contributed by atoms with Gasteiger partial charge in [-0.15, -0.1) is 0 Å². The Kier molecular flexibility index (Phi) is 6.14. The highest BCUT2D eigenvalue weighted by atomic mass is 32.2. The summed E-state index contributed by atoms with van der Waals surface area (Å²) in [6.45, 7) is 1.99. The van der Waals surface area contributed by atoms with Crippen molar-refractivity contribution in [1.82, 2.24) is 0 Å². The Bertz CT molecular complexity index is 956. The molecular weight excluding hydrogens is 378 g/mol. The van der Waals surface area contributed by atoms with Gasteiger partial charge in [0.1, 0.15) is 0 Å². The third-order valence-electron chi connectivity index (χ3n) is 4.74. The van der Waals surface area contributed by atoms with Crippen LogP contribution in [0.25, 0.3) is 0 Å². The summed E-state index contributed by atoms with van der Waals surface area (Å²) >= 11 is 0. The number of carbonyl (C=O) groups is 2. The molecule has 28 heavy (non-hydrogen) atoms. The number of anilines is 1. The van der Waals surface area contributed by atoms with Crippen molar-refractivity contribution in [2.24, 2.45) is 0 Å². The molecule has 0 saturated heterocycles. The van der Waals surface area contributed by atoms with Crippen molar-refractivity contribution in [2.45, 2.75) is 43.6 Å². The fourth-order valence-electron chi connectivity index (χ4n) is 3.27. The van der Waals surface area contributed by atoms with Crippen LogP contribution in [-0.2, 0) is 19.6 Å². The van der Waals surface area contributed by atoms with Gasteiger partial charge in [0.2, 0.25) is 0 Å². The van der Waals surface area contributed by atoms with Crippen molar-refractivity contribution in [2.75, 3.05) is 10.8 Å². The number of Topliss-reactive ketones (excluding diaryl/α,β-unsaturated/α-hetero) is 1. The van der Waals surface area contributed by atoms with E-state index in [2.05, 4.69) is 0 Å².